The number of hydrogen-bond acceptors (Lipinski definition) is 7. The highest BCUT2D eigenvalue weighted by Crippen LogP contribution is 2.31. The summed E-state index contributed by atoms with van der Waals surface area (Å²) in [5.74, 6) is -0.580. The van der Waals surface area contributed by atoms with E-state index in [0.717, 1.165) is 21.6 Å². The summed E-state index contributed by atoms with van der Waals surface area (Å²) in [6, 6.07) is 13.8. The van der Waals surface area contributed by atoms with Crippen molar-refractivity contribution in [3.8, 4) is 11.4 Å². The van der Waals surface area contributed by atoms with Crippen LogP contribution >= 0.6 is 22.9 Å². The van der Waals surface area contributed by atoms with E-state index in [1.54, 1.807) is 48.7 Å². The van der Waals surface area contributed by atoms with Crippen LogP contribution in [0.5, 0.6) is 5.75 Å². The van der Waals surface area contributed by atoms with Crippen LogP contribution in [0.4, 0.5) is 5.00 Å². The number of nitrogens with one attached hydrogen (secondary N) is 1. The van der Waals surface area contributed by atoms with Gasteiger partial charge in [0, 0.05) is 15.8 Å². The highest BCUT2D eigenvalue weighted by Gasteiger charge is 2.23. The number of nitrogens with zero attached hydrogens (tertiary/aromatic N) is 2. The van der Waals surface area contributed by atoms with Crippen LogP contribution in [-0.4, -0.2) is 34.9 Å². The zero-order chi connectivity index (χ0) is 24.2. The van der Waals surface area contributed by atoms with Gasteiger partial charge >= 0.3 is 5.97 Å². The summed E-state index contributed by atoms with van der Waals surface area (Å²) >= 11 is 7.20. The van der Waals surface area contributed by atoms with Crippen molar-refractivity contribution in [2.45, 2.75) is 13.8 Å². The molecule has 0 radical (unpaired) electrons. The first kappa shape index (κ1) is 23.5. The van der Waals surface area contributed by atoms with Gasteiger partial charge in [0.15, 0.2) is 12.3 Å². The molecule has 2 heterocycles. The lowest BCUT2D eigenvalue weighted by Crippen LogP contribution is -2.26. The first-order valence-electron chi connectivity index (χ1n) is 10.3. The van der Waals surface area contributed by atoms with E-state index in [2.05, 4.69) is 10.4 Å². The number of fused-ring (bicyclic) bond motifs is 1. The highest BCUT2D eigenvalue weighted by molar-refractivity contribution is 7.16. The molecule has 1 amide bonds. The fraction of sp³-hybridized carbons (Fsp3) is 0.167. The Morgan fingerprint density at radius 3 is 2.65 bits per heavy atom. The molecule has 0 aliphatic carbocycles. The zero-order valence-corrected chi connectivity index (χ0v) is 19.9. The third kappa shape index (κ3) is 4.95. The minimum Gasteiger partial charge on any atom is -0.484 e. The number of rotatable bonds is 7. The molecule has 34 heavy (non-hydrogen) atoms. The van der Waals surface area contributed by atoms with Gasteiger partial charge in [0.05, 0.1) is 17.7 Å². The summed E-state index contributed by atoms with van der Waals surface area (Å²) in [5, 5.41) is 9.67. The number of ether oxygens (including phenoxy) is 2. The molecule has 8 nitrogen and oxygen atoms in total. The lowest BCUT2D eigenvalue weighted by molar-refractivity contribution is -0.118. The predicted molar refractivity (Wildman–Crippen MR) is 131 cm³/mol. The zero-order valence-electron chi connectivity index (χ0n) is 18.3. The van der Waals surface area contributed by atoms with Crippen LogP contribution < -0.4 is 15.6 Å². The Balaban J connectivity index is 1.71. The number of benzene rings is 2. The van der Waals surface area contributed by atoms with Gasteiger partial charge in [0.1, 0.15) is 10.8 Å². The Bertz CT molecular complexity index is 1430. The van der Waals surface area contributed by atoms with Gasteiger partial charge in [-0.3, -0.25) is 9.59 Å². The molecule has 0 spiro atoms. The minimum atomic E-state index is -0.679. The average Bonchev–Trinajstić information content (AvgIpc) is 3.23. The Kier molecular flexibility index (Phi) is 6.95. The quantitative estimate of drug-likeness (QED) is 0.374. The molecule has 2 aromatic heterocycles. The monoisotopic (exact) mass is 497 g/mol. The molecule has 4 rings (SSSR count). The first-order valence-corrected chi connectivity index (χ1v) is 11.6. The van der Waals surface area contributed by atoms with E-state index in [1.165, 1.54) is 0 Å². The number of aromatic nitrogens is 2. The minimum absolute atomic E-state index is 0.0379. The second-order valence-electron chi connectivity index (χ2n) is 7.27. The van der Waals surface area contributed by atoms with E-state index in [1.807, 2.05) is 19.1 Å². The normalized spacial score (nSPS) is 10.8. The van der Waals surface area contributed by atoms with E-state index in [0.29, 0.717) is 21.8 Å². The molecular weight excluding hydrogens is 478 g/mol. The standard InChI is InChI=1S/C24H20ClN3O5S/c1-3-32-24(31)21-18-13-34-22(26-19(29)12-33-17-9-7-14(2)8-10-17)20(18)23(30)28(27-21)16-6-4-5-15(25)11-16/h4-11,13H,3,12H2,1-2H3,(H,26,29). The number of halogens is 1. The van der Waals surface area contributed by atoms with Crippen molar-refractivity contribution in [2.24, 2.45) is 0 Å². The number of aryl methyl sites for hydroxylation is 1. The number of hydrogen-bond donors (Lipinski definition) is 1. The fourth-order valence-corrected chi connectivity index (χ4v) is 4.36. The van der Waals surface area contributed by atoms with Crippen molar-refractivity contribution in [3.63, 3.8) is 0 Å². The summed E-state index contributed by atoms with van der Waals surface area (Å²) in [5.41, 5.74) is 0.894. The maximum absolute atomic E-state index is 13.4. The van der Waals surface area contributed by atoms with Crippen LogP contribution in [0.25, 0.3) is 16.5 Å². The molecule has 0 bridgehead atoms. The molecule has 174 valence electrons. The lowest BCUT2D eigenvalue weighted by Gasteiger charge is -2.10. The Hall–Kier alpha value is -3.69. The number of esters is 1. The summed E-state index contributed by atoms with van der Waals surface area (Å²) < 4.78 is 11.7. The van der Waals surface area contributed by atoms with E-state index in [-0.39, 0.29) is 29.3 Å². The summed E-state index contributed by atoms with van der Waals surface area (Å²) in [6.07, 6.45) is 0. The molecule has 2 aromatic carbocycles. The van der Waals surface area contributed by atoms with Gasteiger partial charge in [-0.2, -0.15) is 9.78 Å². The van der Waals surface area contributed by atoms with Crippen LogP contribution in [0, 0.1) is 6.92 Å². The van der Waals surface area contributed by atoms with Crippen LogP contribution in [0.1, 0.15) is 23.0 Å². The van der Waals surface area contributed by atoms with Gasteiger partial charge in [-0.15, -0.1) is 11.3 Å². The van der Waals surface area contributed by atoms with E-state index in [9.17, 15) is 14.4 Å². The van der Waals surface area contributed by atoms with Gasteiger partial charge in [-0.1, -0.05) is 35.4 Å². The predicted octanol–water partition coefficient (Wildman–Crippen LogP) is 4.60. The van der Waals surface area contributed by atoms with Crippen molar-refractivity contribution >= 4 is 50.6 Å². The SMILES string of the molecule is CCOC(=O)c1nn(-c2cccc(Cl)c2)c(=O)c2c(NC(=O)COc3ccc(C)cc3)scc12. The maximum Gasteiger partial charge on any atom is 0.359 e. The first-order chi connectivity index (χ1) is 16.4. The van der Waals surface area contributed by atoms with Crippen LogP contribution in [-0.2, 0) is 9.53 Å². The Morgan fingerprint density at radius 1 is 1.18 bits per heavy atom. The fourth-order valence-electron chi connectivity index (χ4n) is 3.22. The van der Waals surface area contributed by atoms with Crippen molar-refractivity contribution in [1.82, 2.24) is 9.78 Å². The van der Waals surface area contributed by atoms with Gasteiger partial charge in [-0.25, -0.2) is 4.79 Å². The van der Waals surface area contributed by atoms with Gasteiger partial charge in [-0.05, 0) is 44.2 Å². The topological polar surface area (TPSA) is 99.5 Å². The van der Waals surface area contributed by atoms with Crippen molar-refractivity contribution in [2.75, 3.05) is 18.5 Å². The molecule has 4 aromatic rings. The molecule has 1 N–H and O–H groups in total. The Morgan fingerprint density at radius 2 is 1.94 bits per heavy atom. The largest absolute Gasteiger partial charge is 0.484 e. The third-order valence-corrected chi connectivity index (χ3v) is 5.95. The van der Waals surface area contributed by atoms with E-state index >= 15 is 0 Å². The second kappa shape index (κ2) is 10.1. The van der Waals surface area contributed by atoms with Crippen LogP contribution in [0.2, 0.25) is 5.02 Å². The van der Waals surface area contributed by atoms with Crippen molar-refractivity contribution in [3.05, 3.63) is 80.5 Å². The maximum atomic E-state index is 13.4. The number of carbonyl (C=O) groups is 2. The smallest absolute Gasteiger partial charge is 0.359 e. The molecule has 0 unspecified atom stereocenters. The molecule has 0 saturated carbocycles. The molecule has 0 fully saturated rings. The van der Waals surface area contributed by atoms with E-state index < -0.39 is 17.4 Å². The van der Waals surface area contributed by atoms with Crippen molar-refractivity contribution in [1.29, 1.82) is 0 Å². The van der Waals surface area contributed by atoms with Crippen LogP contribution in [0.3, 0.4) is 0 Å². The third-order valence-electron chi connectivity index (χ3n) is 4.82. The number of thiophene rings is 1. The van der Waals surface area contributed by atoms with Gasteiger partial charge < -0.3 is 14.8 Å². The van der Waals surface area contributed by atoms with Crippen LogP contribution in [0.15, 0.2) is 58.7 Å². The number of anilines is 1. The van der Waals surface area contributed by atoms with Gasteiger partial charge in [0.25, 0.3) is 11.5 Å². The summed E-state index contributed by atoms with van der Waals surface area (Å²) in [6.45, 7) is 3.52. The molecule has 0 saturated heterocycles. The second-order valence-corrected chi connectivity index (χ2v) is 8.59. The Labute approximate surface area is 203 Å². The molecule has 10 heteroatoms. The molecular formula is C24H20ClN3O5S. The highest BCUT2D eigenvalue weighted by atomic mass is 35.5. The average molecular weight is 498 g/mol. The number of carbonyl (C=O) groups excluding carboxylic acids is 2. The number of amides is 1. The van der Waals surface area contributed by atoms with Crippen molar-refractivity contribution < 1.29 is 19.1 Å². The molecule has 0 atom stereocenters. The summed E-state index contributed by atoms with van der Waals surface area (Å²) in [7, 11) is 0. The van der Waals surface area contributed by atoms with E-state index in [4.69, 9.17) is 21.1 Å². The lowest BCUT2D eigenvalue weighted by atomic mass is 10.2. The molecule has 0 aliphatic heterocycles. The summed E-state index contributed by atoms with van der Waals surface area (Å²) in [4.78, 5) is 38.5. The molecule has 0 aliphatic rings. The van der Waals surface area contributed by atoms with Gasteiger partial charge in [0.2, 0.25) is 0 Å².